The first-order valence-electron chi connectivity index (χ1n) is 6.96. The fourth-order valence-corrected chi connectivity index (χ4v) is 2.22. The number of unbranched alkanes of at least 4 members (excludes halogenated alkanes) is 1. The molecule has 0 aliphatic carbocycles. The second kappa shape index (κ2) is 9.16. The predicted molar refractivity (Wildman–Crippen MR) is 89.0 cm³/mol. The number of hydrogen-bond donors (Lipinski definition) is 2. The molecule has 0 saturated carbocycles. The molecule has 0 bridgehead atoms. The van der Waals surface area contributed by atoms with Crippen molar-refractivity contribution in [3.05, 3.63) is 29.3 Å². The van der Waals surface area contributed by atoms with Gasteiger partial charge in [0.1, 0.15) is 0 Å². The molecule has 0 radical (unpaired) electrons. The molecule has 0 unspecified atom stereocenters. The summed E-state index contributed by atoms with van der Waals surface area (Å²) in [5.74, 6) is 0.699. The van der Waals surface area contributed by atoms with E-state index in [2.05, 4.69) is 24.5 Å². The molecule has 0 spiro atoms. The molecule has 106 valence electrons. The van der Waals surface area contributed by atoms with Crippen molar-refractivity contribution in [3.8, 4) is 0 Å². The zero-order valence-electron chi connectivity index (χ0n) is 11.7. The van der Waals surface area contributed by atoms with E-state index in [-0.39, 0.29) is 0 Å². The van der Waals surface area contributed by atoms with E-state index in [1.165, 1.54) is 25.7 Å². The molecule has 0 saturated heterocycles. The Balaban J connectivity index is 2.32. The highest BCUT2D eigenvalue weighted by Crippen LogP contribution is 2.14. The maximum atomic E-state index is 5.84. The number of nitrogens with one attached hydrogen (secondary N) is 2. The molecular formula is C15H23ClN2S. The Morgan fingerprint density at radius 2 is 1.95 bits per heavy atom. The first-order chi connectivity index (χ1) is 9.15. The molecule has 1 aromatic rings. The maximum absolute atomic E-state index is 5.84. The summed E-state index contributed by atoms with van der Waals surface area (Å²) in [6, 6.07) is 7.54. The van der Waals surface area contributed by atoms with Gasteiger partial charge >= 0.3 is 0 Å². The van der Waals surface area contributed by atoms with E-state index < -0.39 is 0 Å². The summed E-state index contributed by atoms with van der Waals surface area (Å²) >= 11 is 11.1. The molecule has 1 rings (SSSR count). The van der Waals surface area contributed by atoms with Crippen LogP contribution in [0, 0.1) is 5.92 Å². The quantitative estimate of drug-likeness (QED) is 0.704. The van der Waals surface area contributed by atoms with Crippen molar-refractivity contribution in [1.29, 1.82) is 0 Å². The Hall–Kier alpha value is -0.800. The van der Waals surface area contributed by atoms with Gasteiger partial charge in [0, 0.05) is 17.3 Å². The molecule has 0 aromatic heterocycles. The molecule has 1 aromatic carbocycles. The van der Waals surface area contributed by atoms with E-state index in [0.717, 1.165) is 17.3 Å². The highest BCUT2D eigenvalue weighted by atomic mass is 35.5. The van der Waals surface area contributed by atoms with Crippen LogP contribution in [0.2, 0.25) is 5.02 Å². The zero-order valence-corrected chi connectivity index (χ0v) is 13.3. The van der Waals surface area contributed by atoms with E-state index in [0.29, 0.717) is 11.0 Å². The lowest BCUT2D eigenvalue weighted by Crippen LogP contribution is -2.32. The van der Waals surface area contributed by atoms with Crippen LogP contribution in [0.4, 0.5) is 5.69 Å². The van der Waals surface area contributed by atoms with Gasteiger partial charge in [-0.3, -0.25) is 0 Å². The van der Waals surface area contributed by atoms with E-state index in [9.17, 15) is 0 Å². The Kier molecular flexibility index (Phi) is 7.84. The molecule has 0 aliphatic heterocycles. The van der Waals surface area contributed by atoms with Crippen LogP contribution in [0.1, 0.15) is 39.5 Å². The minimum Gasteiger partial charge on any atom is -0.362 e. The normalized spacial score (nSPS) is 11.9. The van der Waals surface area contributed by atoms with E-state index >= 15 is 0 Å². The van der Waals surface area contributed by atoms with Crippen molar-refractivity contribution in [2.24, 2.45) is 5.92 Å². The summed E-state index contributed by atoms with van der Waals surface area (Å²) in [7, 11) is 0. The summed E-state index contributed by atoms with van der Waals surface area (Å²) in [4.78, 5) is 0. The third-order valence-electron chi connectivity index (χ3n) is 3.20. The standard InChI is InChI=1S/C15H23ClN2S/c1-3-5-6-12(4-2)11-17-15(19)18-14-9-7-13(16)8-10-14/h7-10,12H,3-6,11H2,1-2H3,(H2,17,18,19)/t12-/m0/s1. The minimum absolute atomic E-state index is 0.678. The van der Waals surface area contributed by atoms with Crippen LogP contribution >= 0.6 is 23.8 Å². The second-order valence-corrected chi connectivity index (χ2v) is 5.60. The van der Waals surface area contributed by atoms with E-state index in [1.807, 2.05) is 24.3 Å². The largest absolute Gasteiger partial charge is 0.362 e. The Morgan fingerprint density at radius 3 is 2.53 bits per heavy atom. The van der Waals surface area contributed by atoms with Crippen LogP contribution in [-0.2, 0) is 0 Å². The zero-order chi connectivity index (χ0) is 14.1. The number of rotatable bonds is 7. The number of thiocarbonyl (C=S) groups is 1. The lowest BCUT2D eigenvalue weighted by atomic mass is 9.99. The van der Waals surface area contributed by atoms with Gasteiger partial charge in [0.05, 0.1) is 0 Å². The third kappa shape index (κ3) is 6.79. The van der Waals surface area contributed by atoms with Crippen LogP contribution in [0.15, 0.2) is 24.3 Å². The van der Waals surface area contributed by atoms with Crippen LogP contribution in [0.3, 0.4) is 0 Å². The number of benzene rings is 1. The van der Waals surface area contributed by atoms with Gasteiger partial charge in [-0.05, 0) is 48.8 Å². The fourth-order valence-electron chi connectivity index (χ4n) is 1.89. The molecule has 19 heavy (non-hydrogen) atoms. The molecule has 2 N–H and O–H groups in total. The van der Waals surface area contributed by atoms with Crippen molar-refractivity contribution in [2.45, 2.75) is 39.5 Å². The molecule has 0 aliphatic rings. The van der Waals surface area contributed by atoms with Gasteiger partial charge < -0.3 is 10.6 Å². The maximum Gasteiger partial charge on any atom is 0.170 e. The smallest absolute Gasteiger partial charge is 0.170 e. The number of anilines is 1. The summed E-state index contributed by atoms with van der Waals surface area (Å²) in [6.07, 6.45) is 5.00. The highest BCUT2D eigenvalue weighted by molar-refractivity contribution is 7.80. The predicted octanol–water partition coefficient (Wildman–Crippen LogP) is 4.84. The molecule has 0 amide bonds. The third-order valence-corrected chi connectivity index (χ3v) is 3.70. The average molecular weight is 299 g/mol. The van der Waals surface area contributed by atoms with Gasteiger partial charge in [-0.2, -0.15) is 0 Å². The van der Waals surface area contributed by atoms with Crippen molar-refractivity contribution in [3.63, 3.8) is 0 Å². The van der Waals surface area contributed by atoms with Crippen LogP contribution in [0.5, 0.6) is 0 Å². The van der Waals surface area contributed by atoms with Gasteiger partial charge in [0.25, 0.3) is 0 Å². The lowest BCUT2D eigenvalue weighted by Gasteiger charge is -2.17. The molecular weight excluding hydrogens is 276 g/mol. The van der Waals surface area contributed by atoms with Gasteiger partial charge in [-0.15, -0.1) is 0 Å². The van der Waals surface area contributed by atoms with Gasteiger partial charge in [-0.25, -0.2) is 0 Å². The Morgan fingerprint density at radius 1 is 1.26 bits per heavy atom. The van der Waals surface area contributed by atoms with Gasteiger partial charge in [0.15, 0.2) is 5.11 Å². The number of halogens is 1. The van der Waals surface area contributed by atoms with Crippen LogP contribution < -0.4 is 10.6 Å². The molecule has 1 atom stereocenters. The summed E-state index contributed by atoms with van der Waals surface area (Å²) in [5.41, 5.74) is 0.962. The van der Waals surface area contributed by atoms with E-state index in [4.69, 9.17) is 23.8 Å². The molecule has 0 fully saturated rings. The molecule has 2 nitrogen and oxygen atoms in total. The summed E-state index contributed by atoms with van der Waals surface area (Å²) in [5, 5.41) is 7.87. The monoisotopic (exact) mass is 298 g/mol. The van der Waals surface area contributed by atoms with Gasteiger partial charge in [0.2, 0.25) is 0 Å². The Labute approximate surface area is 126 Å². The van der Waals surface area contributed by atoms with Crippen molar-refractivity contribution < 1.29 is 0 Å². The fraction of sp³-hybridized carbons (Fsp3) is 0.533. The van der Waals surface area contributed by atoms with Gasteiger partial charge in [-0.1, -0.05) is 44.7 Å². The van der Waals surface area contributed by atoms with Crippen LogP contribution in [0.25, 0.3) is 0 Å². The van der Waals surface area contributed by atoms with Crippen molar-refractivity contribution in [2.75, 3.05) is 11.9 Å². The topological polar surface area (TPSA) is 24.1 Å². The highest BCUT2D eigenvalue weighted by Gasteiger charge is 2.06. The number of hydrogen-bond acceptors (Lipinski definition) is 1. The first kappa shape index (κ1) is 16.3. The van der Waals surface area contributed by atoms with Crippen LogP contribution in [-0.4, -0.2) is 11.7 Å². The second-order valence-electron chi connectivity index (χ2n) is 4.76. The summed E-state index contributed by atoms with van der Waals surface area (Å²) in [6.45, 7) is 5.40. The summed E-state index contributed by atoms with van der Waals surface area (Å²) < 4.78 is 0. The molecule has 4 heteroatoms. The van der Waals surface area contributed by atoms with Crippen molar-refractivity contribution >= 4 is 34.6 Å². The molecule has 0 heterocycles. The first-order valence-corrected chi connectivity index (χ1v) is 7.74. The lowest BCUT2D eigenvalue weighted by molar-refractivity contribution is 0.446. The minimum atomic E-state index is 0.678. The van der Waals surface area contributed by atoms with Crippen molar-refractivity contribution in [1.82, 2.24) is 5.32 Å². The van der Waals surface area contributed by atoms with E-state index in [1.54, 1.807) is 0 Å². The Bertz CT molecular complexity index is 378. The average Bonchev–Trinajstić information content (AvgIpc) is 2.42. The SMILES string of the molecule is CCCC[C@H](CC)CNC(=S)Nc1ccc(Cl)cc1.